The smallest absolute Gasteiger partial charge is 0.345 e. The molecule has 0 fully saturated rings. The number of aromatic nitrogens is 1. The number of carbonyl (C=O) groups excluding carboxylic acids is 1. The molecule has 0 atom stereocenters. The van der Waals surface area contributed by atoms with Crippen molar-refractivity contribution in [3.05, 3.63) is 71.1 Å². The first-order valence-corrected chi connectivity index (χ1v) is 12.5. The van der Waals surface area contributed by atoms with Gasteiger partial charge in [-0.25, -0.2) is 9.59 Å². The highest BCUT2D eigenvalue weighted by Gasteiger charge is 2.11. The zero-order chi connectivity index (χ0) is 24.9. The van der Waals surface area contributed by atoms with Gasteiger partial charge >= 0.3 is 11.6 Å². The minimum Gasteiger partial charge on any atom is -0.478 e. The van der Waals surface area contributed by atoms with Crippen LogP contribution in [0.25, 0.3) is 22.2 Å². The van der Waals surface area contributed by atoms with Gasteiger partial charge in [-0.3, -0.25) is 0 Å². The van der Waals surface area contributed by atoms with Gasteiger partial charge in [-0.15, -0.1) is 0 Å². The predicted octanol–water partition coefficient (Wildman–Crippen LogP) is 6.78. The summed E-state index contributed by atoms with van der Waals surface area (Å²) < 4.78 is 16.2. The summed E-state index contributed by atoms with van der Waals surface area (Å²) in [6, 6.07) is 13.3. The molecule has 6 nitrogen and oxygen atoms in total. The minimum atomic E-state index is -0.396. The van der Waals surface area contributed by atoms with Crippen molar-refractivity contribution in [3.8, 4) is 17.0 Å². The first-order chi connectivity index (χ1) is 17.1. The Bertz CT molecular complexity index is 1170. The van der Waals surface area contributed by atoms with Gasteiger partial charge in [-0.05, 0) is 43.0 Å². The van der Waals surface area contributed by atoms with Crippen LogP contribution in [0.15, 0.2) is 64.3 Å². The molecule has 1 aromatic carbocycles. The van der Waals surface area contributed by atoms with Crippen molar-refractivity contribution in [2.24, 2.45) is 0 Å². The Hall–Kier alpha value is -3.41. The summed E-state index contributed by atoms with van der Waals surface area (Å²) in [5.74, 6) is 0.132. The maximum atomic E-state index is 12.5. The molecular formula is C29H35NO5. The molecule has 0 spiro atoms. The van der Waals surface area contributed by atoms with Crippen LogP contribution >= 0.6 is 0 Å². The molecule has 3 aromatic rings. The van der Waals surface area contributed by atoms with Crippen molar-refractivity contribution >= 4 is 17.1 Å². The molecule has 3 rings (SSSR count). The largest absolute Gasteiger partial charge is 0.478 e. The SMILES string of the molecule is C=CC(=O)OCCCCCCCCCCCOc1ccc2cc(-c3ccccc3C)c(=O)oc2n1. The van der Waals surface area contributed by atoms with Crippen LogP contribution in [0.5, 0.6) is 5.88 Å². The van der Waals surface area contributed by atoms with Crippen LogP contribution in [0, 0.1) is 6.92 Å². The van der Waals surface area contributed by atoms with Gasteiger partial charge in [-0.2, -0.15) is 4.98 Å². The van der Waals surface area contributed by atoms with Gasteiger partial charge in [0.25, 0.3) is 0 Å². The fourth-order valence-corrected chi connectivity index (χ4v) is 3.98. The van der Waals surface area contributed by atoms with Gasteiger partial charge < -0.3 is 13.9 Å². The van der Waals surface area contributed by atoms with Gasteiger partial charge in [0.1, 0.15) is 0 Å². The van der Waals surface area contributed by atoms with E-state index in [1.54, 1.807) is 0 Å². The maximum Gasteiger partial charge on any atom is 0.345 e. The summed E-state index contributed by atoms with van der Waals surface area (Å²) in [7, 11) is 0. The fraction of sp³-hybridized carbons (Fsp3) is 0.414. The second-order valence-corrected chi connectivity index (χ2v) is 8.71. The Morgan fingerprint density at radius 3 is 2.26 bits per heavy atom. The van der Waals surface area contributed by atoms with Gasteiger partial charge in [0.2, 0.25) is 11.6 Å². The Morgan fingerprint density at radius 2 is 1.57 bits per heavy atom. The molecule has 0 bridgehead atoms. The molecule has 0 aliphatic rings. The van der Waals surface area contributed by atoms with E-state index in [1.807, 2.05) is 49.4 Å². The third-order valence-corrected chi connectivity index (χ3v) is 5.96. The lowest BCUT2D eigenvalue weighted by molar-refractivity contribution is -0.137. The molecular weight excluding hydrogens is 442 g/mol. The lowest BCUT2D eigenvalue weighted by Gasteiger charge is -2.08. The van der Waals surface area contributed by atoms with Crippen molar-refractivity contribution in [3.63, 3.8) is 0 Å². The number of hydrogen-bond acceptors (Lipinski definition) is 6. The predicted molar refractivity (Wildman–Crippen MR) is 139 cm³/mol. The Balaban J connectivity index is 1.32. The quantitative estimate of drug-likeness (QED) is 0.136. The van der Waals surface area contributed by atoms with Crippen LogP contribution in [0.3, 0.4) is 0 Å². The van der Waals surface area contributed by atoms with E-state index in [9.17, 15) is 9.59 Å². The number of carbonyl (C=O) groups is 1. The Morgan fingerprint density at radius 1 is 0.914 bits per heavy atom. The number of hydrogen-bond donors (Lipinski definition) is 0. The van der Waals surface area contributed by atoms with E-state index in [-0.39, 0.29) is 5.97 Å². The van der Waals surface area contributed by atoms with E-state index in [1.165, 1.54) is 38.2 Å². The highest BCUT2D eigenvalue weighted by Crippen LogP contribution is 2.24. The van der Waals surface area contributed by atoms with Gasteiger partial charge in [0, 0.05) is 17.5 Å². The second-order valence-electron chi connectivity index (χ2n) is 8.71. The molecule has 35 heavy (non-hydrogen) atoms. The number of esters is 1. The van der Waals surface area contributed by atoms with E-state index < -0.39 is 5.63 Å². The van der Waals surface area contributed by atoms with E-state index in [4.69, 9.17) is 13.9 Å². The molecule has 0 aliphatic heterocycles. The lowest BCUT2D eigenvalue weighted by Crippen LogP contribution is -2.05. The third-order valence-electron chi connectivity index (χ3n) is 5.96. The van der Waals surface area contributed by atoms with Crippen LogP contribution in [0.2, 0.25) is 0 Å². The number of unbranched alkanes of at least 4 members (excludes halogenated alkanes) is 8. The summed E-state index contributed by atoms with van der Waals surface area (Å²) >= 11 is 0. The number of rotatable bonds is 15. The maximum absolute atomic E-state index is 12.5. The standard InChI is InChI=1S/C29H35NO5/c1-3-27(31)34-20-14-10-8-6-4-5-7-9-13-19-33-26-18-17-23-21-25(29(32)35-28(23)30-26)24-16-12-11-15-22(24)2/h3,11-12,15-18,21H,1,4-10,13-14,19-20H2,2H3. The van der Waals surface area contributed by atoms with Crippen LogP contribution in [0.1, 0.15) is 63.4 Å². The second kappa shape index (κ2) is 14.1. The number of benzene rings is 1. The molecule has 6 heteroatoms. The topological polar surface area (TPSA) is 78.6 Å². The van der Waals surface area contributed by atoms with Gasteiger partial charge in [0.05, 0.1) is 18.8 Å². The average Bonchev–Trinajstić information content (AvgIpc) is 2.86. The highest BCUT2D eigenvalue weighted by molar-refractivity contribution is 5.81. The van der Waals surface area contributed by atoms with E-state index in [0.29, 0.717) is 30.4 Å². The van der Waals surface area contributed by atoms with Crippen LogP contribution in [-0.4, -0.2) is 24.2 Å². The summed E-state index contributed by atoms with van der Waals surface area (Å²) in [6.07, 6.45) is 11.3. The van der Waals surface area contributed by atoms with Crippen molar-refractivity contribution in [2.75, 3.05) is 13.2 Å². The molecule has 0 saturated heterocycles. The first kappa shape index (κ1) is 26.2. The molecule has 0 aliphatic carbocycles. The molecule has 0 radical (unpaired) electrons. The summed E-state index contributed by atoms with van der Waals surface area (Å²) in [5, 5.41) is 0.771. The summed E-state index contributed by atoms with van der Waals surface area (Å²) in [6.45, 7) is 6.43. The Kier molecular flexibility index (Phi) is 10.6. The number of pyridine rings is 1. The molecule has 0 amide bonds. The van der Waals surface area contributed by atoms with Crippen LogP contribution in [-0.2, 0) is 9.53 Å². The molecule has 0 saturated carbocycles. The molecule has 186 valence electrons. The van der Waals surface area contributed by atoms with E-state index in [0.717, 1.165) is 42.2 Å². The fourth-order valence-electron chi connectivity index (χ4n) is 3.98. The van der Waals surface area contributed by atoms with Gasteiger partial charge in [-0.1, -0.05) is 75.8 Å². The minimum absolute atomic E-state index is 0.295. The first-order valence-electron chi connectivity index (χ1n) is 12.5. The zero-order valence-corrected chi connectivity index (χ0v) is 20.6. The highest BCUT2D eigenvalue weighted by atomic mass is 16.5. The monoisotopic (exact) mass is 477 g/mol. The molecule has 0 N–H and O–H groups in total. The Labute approximate surface area is 207 Å². The van der Waals surface area contributed by atoms with Crippen molar-refractivity contribution in [2.45, 2.75) is 64.7 Å². The third kappa shape index (κ3) is 8.39. The normalized spacial score (nSPS) is 10.9. The van der Waals surface area contributed by atoms with E-state index in [2.05, 4.69) is 11.6 Å². The van der Waals surface area contributed by atoms with Crippen molar-refractivity contribution in [1.82, 2.24) is 4.98 Å². The molecule has 2 aromatic heterocycles. The lowest BCUT2D eigenvalue weighted by atomic mass is 10.0. The van der Waals surface area contributed by atoms with Crippen molar-refractivity contribution in [1.29, 1.82) is 0 Å². The number of fused-ring (bicyclic) bond motifs is 1. The number of nitrogens with zero attached hydrogens (tertiary/aromatic N) is 1. The van der Waals surface area contributed by atoms with Crippen molar-refractivity contribution < 1.29 is 18.7 Å². The average molecular weight is 478 g/mol. The van der Waals surface area contributed by atoms with Crippen LogP contribution in [0.4, 0.5) is 0 Å². The summed E-state index contributed by atoms with van der Waals surface area (Å²) in [5.41, 5.74) is 2.34. The molecule has 2 heterocycles. The zero-order valence-electron chi connectivity index (χ0n) is 20.6. The summed E-state index contributed by atoms with van der Waals surface area (Å²) in [4.78, 5) is 27.8. The van der Waals surface area contributed by atoms with E-state index >= 15 is 0 Å². The molecule has 0 unspecified atom stereocenters. The van der Waals surface area contributed by atoms with Gasteiger partial charge in [0.15, 0.2) is 0 Å². The number of aryl methyl sites for hydroxylation is 1. The number of ether oxygens (including phenoxy) is 2. The van der Waals surface area contributed by atoms with Crippen LogP contribution < -0.4 is 10.4 Å².